The summed E-state index contributed by atoms with van der Waals surface area (Å²) >= 11 is 0. The third kappa shape index (κ3) is 4.94. The fraction of sp³-hybridized carbons (Fsp3) is 0.130. The number of hydrogen-bond donors (Lipinski definition) is 2. The molecule has 0 bridgehead atoms. The molecule has 2 N–H and O–H groups in total. The van der Waals surface area contributed by atoms with Crippen molar-refractivity contribution in [3.63, 3.8) is 0 Å². The highest BCUT2D eigenvalue weighted by atomic mass is 32.2. The minimum atomic E-state index is -3.98. The van der Waals surface area contributed by atoms with E-state index in [-0.39, 0.29) is 10.7 Å². The molecule has 0 fully saturated rings. The number of aromatic nitrogens is 2. The summed E-state index contributed by atoms with van der Waals surface area (Å²) in [5, 5.41) is 3.17. The van der Waals surface area contributed by atoms with Gasteiger partial charge >= 0.3 is 0 Å². The quantitative estimate of drug-likeness (QED) is 0.416. The van der Waals surface area contributed by atoms with E-state index >= 15 is 0 Å². The van der Waals surface area contributed by atoms with Crippen LogP contribution in [0.25, 0.3) is 11.0 Å². The summed E-state index contributed by atoms with van der Waals surface area (Å²) in [6.07, 6.45) is 0.683. The summed E-state index contributed by atoms with van der Waals surface area (Å²) in [6, 6.07) is 19.5. The van der Waals surface area contributed by atoms with E-state index in [0.717, 1.165) is 23.4 Å². The Labute approximate surface area is 185 Å². The predicted molar refractivity (Wildman–Crippen MR) is 122 cm³/mol. The highest BCUT2D eigenvalue weighted by Crippen LogP contribution is 2.24. The van der Waals surface area contributed by atoms with Crippen LogP contribution in [0.5, 0.6) is 5.75 Å². The van der Waals surface area contributed by atoms with Gasteiger partial charge in [-0.2, -0.15) is 0 Å². The maximum atomic E-state index is 13.2. The Bertz CT molecular complexity index is 1330. The largest absolute Gasteiger partial charge is 0.497 e. The third-order valence-electron chi connectivity index (χ3n) is 4.79. The maximum Gasteiger partial charge on any atom is 0.263 e. The molecule has 164 valence electrons. The Morgan fingerprint density at radius 3 is 2.12 bits per heavy atom. The van der Waals surface area contributed by atoms with Crippen LogP contribution in [-0.4, -0.2) is 32.0 Å². The number of methoxy groups -OCH3 is 1. The Morgan fingerprint density at radius 1 is 0.875 bits per heavy atom. The second kappa shape index (κ2) is 9.19. The summed E-state index contributed by atoms with van der Waals surface area (Å²) in [4.78, 5) is 8.92. The van der Waals surface area contributed by atoms with Crippen LogP contribution in [0.1, 0.15) is 5.56 Å². The van der Waals surface area contributed by atoms with Crippen molar-refractivity contribution in [3.8, 4) is 5.75 Å². The highest BCUT2D eigenvalue weighted by molar-refractivity contribution is 7.92. The van der Waals surface area contributed by atoms with Crippen LogP contribution in [0, 0.1) is 5.82 Å². The number of nitrogens with one attached hydrogen (secondary N) is 2. The Hall–Kier alpha value is -3.72. The highest BCUT2D eigenvalue weighted by Gasteiger charge is 2.19. The van der Waals surface area contributed by atoms with Crippen molar-refractivity contribution in [2.75, 3.05) is 23.7 Å². The molecule has 3 aromatic carbocycles. The van der Waals surface area contributed by atoms with Crippen LogP contribution in [0.4, 0.5) is 16.0 Å². The molecule has 32 heavy (non-hydrogen) atoms. The molecule has 0 aliphatic heterocycles. The Morgan fingerprint density at radius 2 is 1.50 bits per heavy atom. The van der Waals surface area contributed by atoms with Crippen LogP contribution in [-0.2, 0) is 16.4 Å². The minimum Gasteiger partial charge on any atom is -0.497 e. The molecule has 1 aromatic heterocycles. The zero-order valence-electron chi connectivity index (χ0n) is 17.2. The first-order valence-electron chi connectivity index (χ1n) is 9.86. The fourth-order valence-corrected chi connectivity index (χ4v) is 4.12. The van der Waals surface area contributed by atoms with E-state index in [1.165, 1.54) is 12.1 Å². The number of anilines is 2. The van der Waals surface area contributed by atoms with E-state index in [1.54, 1.807) is 25.3 Å². The number of sulfonamides is 1. The molecule has 4 rings (SSSR count). The first-order valence-corrected chi connectivity index (χ1v) is 11.3. The van der Waals surface area contributed by atoms with Gasteiger partial charge in [0, 0.05) is 6.54 Å². The zero-order chi connectivity index (χ0) is 22.6. The molecule has 0 unspecified atom stereocenters. The average Bonchev–Trinajstić information content (AvgIpc) is 2.80. The van der Waals surface area contributed by atoms with Crippen LogP contribution in [0.15, 0.2) is 77.7 Å². The van der Waals surface area contributed by atoms with Crippen LogP contribution in [0.3, 0.4) is 0 Å². The molecule has 0 radical (unpaired) electrons. The van der Waals surface area contributed by atoms with Gasteiger partial charge in [-0.15, -0.1) is 0 Å². The van der Waals surface area contributed by atoms with Gasteiger partial charge in [0.2, 0.25) is 0 Å². The standard InChI is InChI=1S/C23H21FN4O3S/c1-31-18-10-6-16(7-11-18)14-15-25-22-23(27-21-5-3-2-4-20(21)26-22)28-32(29,30)19-12-8-17(24)9-13-19/h2-13H,14-15H2,1H3,(H,25,26)(H,27,28). The second-order valence-electron chi connectivity index (χ2n) is 6.99. The maximum absolute atomic E-state index is 13.2. The predicted octanol–water partition coefficient (Wildman–Crippen LogP) is 4.23. The smallest absolute Gasteiger partial charge is 0.263 e. The molecule has 7 nitrogen and oxygen atoms in total. The normalized spacial score (nSPS) is 11.3. The molecule has 1 heterocycles. The summed E-state index contributed by atoms with van der Waals surface area (Å²) in [6.45, 7) is 0.505. The number of para-hydroxylation sites is 2. The van der Waals surface area contributed by atoms with Crippen molar-refractivity contribution in [2.24, 2.45) is 0 Å². The van der Waals surface area contributed by atoms with Gasteiger partial charge in [0.05, 0.1) is 23.0 Å². The van der Waals surface area contributed by atoms with Gasteiger partial charge in [-0.1, -0.05) is 24.3 Å². The molecule has 9 heteroatoms. The van der Waals surface area contributed by atoms with Gasteiger partial charge in [-0.25, -0.2) is 22.8 Å². The monoisotopic (exact) mass is 452 g/mol. The number of rotatable bonds is 8. The van der Waals surface area contributed by atoms with Crippen molar-refractivity contribution in [1.29, 1.82) is 0 Å². The minimum absolute atomic E-state index is 0.0713. The number of ether oxygens (including phenoxy) is 1. The van der Waals surface area contributed by atoms with Gasteiger partial charge in [-0.3, -0.25) is 4.72 Å². The summed E-state index contributed by atoms with van der Waals surface area (Å²) in [5.41, 5.74) is 2.26. The van der Waals surface area contributed by atoms with Crippen molar-refractivity contribution in [2.45, 2.75) is 11.3 Å². The van der Waals surface area contributed by atoms with Crippen molar-refractivity contribution in [1.82, 2.24) is 9.97 Å². The summed E-state index contributed by atoms with van der Waals surface area (Å²) in [7, 11) is -2.36. The molecule has 0 aliphatic rings. The Kier molecular flexibility index (Phi) is 6.18. The van der Waals surface area contributed by atoms with Gasteiger partial charge in [0.15, 0.2) is 11.6 Å². The van der Waals surface area contributed by atoms with E-state index in [2.05, 4.69) is 20.0 Å². The third-order valence-corrected chi connectivity index (χ3v) is 6.15. The first-order chi connectivity index (χ1) is 15.4. The van der Waals surface area contributed by atoms with E-state index in [1.807, 2.05) is 30.3 Å². The van der Waals surface area contributed by atoms with E-state index in [9.17, 15) is 12.8 Å². The van der Waals surface area contributed by atoms with Crippen LogP contribution < -0.4 is 14.8 Å². The summed E-state index contributed by atoms with van der Waals surface area (Å²) < 4.78 is 46.5. The average molecular weight is 453 g/mol. The topological polar surface area (TPSA) is 93.2 Å². The molecule has 0 aliphatic carbocycles. The molecular formula is C23H21FN4O3S. The summed E-state index contributed by atoms with van der Waals surface area (Å²) in [5.74, 6) is 0.639. The van der Waals surface area contributed by atoms with Crippen LogP contribution in [0.2, 0.25) is 0 Å². The van der Waals surface area contributed by atoms with Gasteiger partial charge < -0.3 is 10.1 Å². The fourth-order valence-electron chi connectivity index (χ4n) is 3.11. The van der Waals surface area contributed by atoms with Crippen molar-refractivity contribution in [3.05, 3.63) is 84.2 Å². The van der Waals surface area contributed by atoms with Crippen LogP contribution >= 0.6 is 0 Å². The van der Waals surface area contributed by atoms with E-state index < -0.39 is 15.8 Å². The lowest BCUT2D eigenvalue weighted by atomic mass is 10.1. The molecule has 0 saturated carbocycles. The molecule has 0 amide bonds. The number of nitrogens with zero attached hydrogens (tertiary/aromatic N) is 2. The lowest BCUT2D eigenvalue weighted by Crippen LogP contribution is -2.17. The van der Waals surface area contributed by atoms with E-state index in [4.69, 9.17) is 4.74 Å². The van der Waals surface area contributed by atoms with Gasteiger partial charge in [-0.05, 0) is 60.5 Å². The lowest BCUT2D eigenvalue weighted by molar-refractivity contribution is 0.414. The molecule has 0 atom stereocenters. The van der Waals surface area contributed by atoms with Crippen molar-refractivity contribution >= 4 is 32.7 Å². The van der Waals surface area contributed by atoms with Gasteiger partial charge in [0.1, 0.15) is 11.6 Å². The van der Waals surface area contributed by atoms with Crippen molar-refractivity contribution < 1.29 is 17.5 Å². The Balaban J connectivity index is 1.59. The lowest BCUT2D eigenvalue weighted by Gasteiger charge is -2.14. The van der Waals surface area contributed by atoms with Gasteiger partial charge in [0.25, 0.3) is 10.0 Å². The molecule has 4 aromatic rings. The first kappa shape index (κ1) is 21.5. The number of halogens is 1. The molecule has 0 spiro atoms. The number of hydrogen-bond acceptors (Lipinski definition) is 6. The second-order valence-corrected chi connectivity index (χ2v) is 8.68. The SMILES string of the molecule is COc1ccc(CCNc2nc3ccccc3nc2NS(=O)(=O)c2ccc(F)cc2)cc1. The molecular weight excluding hydrogens is 431 g/mol. The number of fused-ring (bicyclic) bond motifs is 1. The zero-order valence-corrected chi connectivity index (χ0v) is 18.1. The van der Waals surface area contributed by atoms with E-state index in [0.29, 0.717) is 29.8 Å². The number of benzene rings is 3. The molecule has 0 saturated heterocycles.